The molecule has 0 saturated carbocycles. The van der Waals surface area contributed by atoms with Crippen molar-refractivity contribution in [3.8, 4) is 0 Å². The van der Waals surface area contributed by atoms with Crippen molar-refractivity contribution in [2.45, 2.75) is 6.10 Å². The lowest BCUT2D eigenvalue weighted by Gasteiger charge is -2.27. The van der Waals surface area contributed by atoms with Gasteiger partial charge in [-0.05, 0) is 6.08 Å². The Balaban J connectivity index is 1.93. The number of rotatable bonds is 1. The van der Waals surface area contributed by atoms with Crippen LogP contribution < -0.4 is 5.32 Å². The fourth-order valence-corrected chi connectivity index (χ4v) is 1.54. The van der Waals surface area contributed by atoms with Gasteiger partial charge in [-0.3, -0.25) is 4.79 Å². The summed E-state index contributed by atoms with van der Waals surface area (Å²) in [5, 5.41) is 3.14. The van der Waals surface area contributed by atoms with Gasteiger partial charge in [-0.1, -0.05) is 12.2 Å². The fraction of sp³-hybridized carbons (Fsp3) is 0.500. The Morgan fingerprint density at radius 3 is 3.07 bits per heavy atom. The Morgan fingerprint density at radius 2 is 2.43 bits per heavy atom. The minimum Gasteiger partial charge on any atom is -0.366 e. The minimum atomic E-state index is -0.320. The average Bonchev–Trinajstić information content (AvgIpc) is 2.30. The topological polar surface area (TPSA) is 41.6 Å². The van der Waals surface area contributed by atoms with Gasteiger partial charge in [-0.2, -0.15) is 0 Å². The zero-order valence-corrected chi connectivity index (χ0v) is 7.98. The first kappa shape index (κ1) is 9.43. The van der Waals surface area contributed by atoms with Crippen molar-refractivity contribution < 1.29 is 9.53 Å². The van der Waals surface area contributed by atoms with Gasteiger partial charge in [-0.25, -0.2) is 0 Å². The van der Waals surface area contributed by atoms with Crippen molar-refractivity contribution in [2.24, 2.45) is 0 Å². The number of nitrogens with zero attached hydrogens (tertiary/aromatic N) is 1. The Morgan fingerprint density at radius 1 is 1.50 bits per heavy atom. The van der Waals surface area contributed by atoms with E-state index >= 15 is 0 Å². The molecule has 0 bridgehead atoms. The molecule has 0 aromatic rings. The van der Waals surface area contributed by atoms with Crippen LogP contribution in [-0.2, 0) is 9.53 Å². The molecule has 2 rings (SSSR count). The number of hydrogen-bond donors (Lipinski definition) is 1. The number of hydrogen-bond acceptors (Lipinski definition) is 3. The number of carbonyl (C=O) groups excluding carboxylic acids is 1. The zero-order chi connectivity index (χ0) is 9.80. The molecule has 1 amide bonds. The van der Waals surface area contributed by atoms with Crippen molar-refractivity contribution in [1.82, 2.24) is 10.2 Å². The molecule has 1 unspecified atom stereocenters. The first-order chi connectivity index (χ1) is 6.88. The van der Waals surface area contributed by atoms with E-state index in [9.17, 15) is 4.79 Å². The van der Waals surface area contributed by atoms with Gasteiger partial charge in [0.1, 0.15) is 6.10 Å². The highest BCUT2D eigenvalue weighted by Crippen LogP contribution is 2.06. The molecule has 1 fully saturated rings. The lowest BCUT2D eigenvalue weighted by atomic mass is 10.2. The van der Waals surface area contributed by atoms with Crippen molar-refractivity contribution in [2.75, 3.05) is 26.2 Å². The summed E-state index contributed by atoms with van der Waals surface area (Å²) in [6, 6.07) is 0. The normalized spacial score (nSPS) is 26.6. The number of carbonyl (C=O) groups is 1. The molecule has 4 heteroatoms. The van der Waals surface area contributed by atoms with E-state index in [1.165, 1.54) is 0 Å². The van der Waals surface area contributed by atoms with Gasteiger partial charge >= 0.3 is 0 Å². The molecule has 76 valence electrons. The van der Waals surface area contributed by atoms with Crippen LogP contribution in [0.5, 0.6) is 0 Å². The molecule has 1 N–H and O–H groups in total. The third-order valence-electron chi connectivity index (χ3n) is 2.30. The van der Waals surface area contributed by atoms with Crippen LogP contribution in [0, 0.1) is 0 Å². The Kier molecular flexibility index (Phi) is 2.96. The second-order valence-electron chi connectivity index (χ2n) is 3.32. The van der Waals surface area contributed by atoms with Crippen LogP contribution in [-0.4, -0.2) is 43.2 Å². The van der Waals surface area contributed by atoms with Gasteiger partial charge in [0.2, 0.25) is 0 Å². The van der Waals surface area contributed by atoms with E-state index in [1.54, 1.807) is 11.1 Å². The highest BCUT2D eigenvalue weighted by Gasteiger charge is 2.25. The molecule has 1 saturated heterocycles. The predicted octanol–water partition coefficient (Wildman–Crippen LogP) is -0.113. The lowest BCUT2D eigenvalue weighted by molar-refractivity contribution is -0.142. The van der Waals surface area contributed by atoms with E-state index in [0.29, 0.717) is 19.7 Å². The molecular formula is C10H14N2O2. The number of allylic oxidation sites excluding steroid dienone is 2. The molecule has 0 spiro atoms. The van der Waals surface area contributed by atoms with Crippen LogP contribution in [0.2, 0.25) is 0 Å². The monoisotopic (exact) mass is 194 g/mol. The number of amides is 1. The SMILES string of the molecule is O=C(C1CNCCO1)N1C=CC=CC1. The number of nitrogens with one attached hydrogen (secondary N) is 1. The van der Waals surface area contributed by atoms with Crippen LogP contribution >= 0.6 is 0 Å². The summed E-state index contributed by atoms with van der Waals surface area (Å²) in [6.07, 6.45) is 7.22. The minimum absolute atomic E-state index is 0.0396. The van der Waals surface area contributed by atoms with E-state index < -0.39 is 0 Å². The second kappa shape index (κ2) is 4.39. The maximum atomic E-state index is 11.8. The molecule has 0 aromatic heterocycles. The van der Waals surface area contributed by atoms with Crippen molar-refractivity contribution in [3.05, 3.63) is 24.4 Å². The largest absolute Gasteiger partial charge is 0.366 e. The quantitative estimate of drug-likeness (QED) is 0.633. The van der Waals surface area contributed by atoms with E-state index in [2.05, 4.69) is 5.32 Å². The third-order valence-corrected chi connectivity index (χ3v) is 2.30. The first-order valence-corrected chi connectivity index (χ1v) is 4.84. The molecule has 4 nitrogen and oxygen atoms in total. The van der Waals surface area contributed by atoms with Crippen LogP contribution in [0.15, 0.2) is 24.4 Å². The zero-order valence-electron chi connectivity index (χ0n) is 7.98. The number of morpholine rings is 1. The van der Waals surface area contributed by atoms with Crippen LogP contribution in [0.1, 0.15) is 0 Å². The van der Waals surface area contributed by atoms with Crippen LogP contribution in [0.4, 0.5) is 0 Å². The smallest absolute Gasteiger partial charge is 0.257 e. The fourth-order valence-electron chi connectivity index (χ4n) is 1.54. The van der Waals surface area contributed by atoms with Gasteiger partial charge < -0.3 is 15.0 Å². The molecule has 2 heterocycles. The molecule has 0 radical (unpaired) electrons. The average molecular weight is 194 g/mol. The van der Waals surface area contributed by atoms with Crippen molar-refractivity contribution in [3.63, 3.8) is 0 Å². The van der Waals surface area contributed by atoms with E-state index in [0.717, 1.165) is 6.54 Å². The molecule has 1 atom stereocenters. The standard InChI is InChI=1S/C10H14N2O2/c13-10(9-8-11-4-7-14-9)12-5-2-1-3-6-12/h1-3,5,9,11H,4,6-8H2. The molecule has 2 aliphatic rings. The van der Waals surface area contributed by atoms with Gasteiger partial charge in [0.25, 0.3) is 5.91 Å². The molecule has 0 aromatic carbocycles. The molecule has 0 aliphatic carbocycles. The van der Waals surface area contributed by atoms with Gasteiger partial charge in [0.15, 0.2) is 0 Å². The molecular weight excluding hydrogens is 180 g/mol. The summed E-state index contributed by atoms with van der Waals surface area (Å²) < 4.78 is 5.38. The highest BCUT2D eigenvalue weighted by atomic mass is 16.5. The predicted molar refractivity (Wildman–Crippen MR) is 52.6 cm³/mol. The maximum absolute atomic E-state index is 11.8. The van der Waals surface area contributed by atoms with E-state index in [-0.39, 0.29) is 12.0 Å². The van der Waals surface area contributed by atoms with Crippen LogP contribution in [0.3, 0.4) is 0 Å². The molecule has 2 aliphatic heterocycles. The molecule has 14 heavy (non-hydrogen) atoms. The van der Waals surface area contributed by atoms with Gasteiger partial charge in [0.05, 0.1) is 6.61 Å². The third kappa shape index (κ3) is 2.02. The summed E-state index contributed by atoms with van der Waals surface area (Å²) in [4.78, 5) is 13.5. The Bertz CT molecular complexity index is 267. The van der Waals surface area contributed by atoms with Gasteiger partial charge in [0, 0.05) is 25.8 Å². The highest BCUT2D eigenvalue weighted by molar-refractivity contribution is 5.82. The summed E-state index contributed by atoms with van der Waals surface area (Å²) in [5.74, 6) is 0.0396. The summed E-state index contributed by atoms with van der Waals surface area (Å²) in [5.41, 5.74) is 0. The summed E-state index contributed by atoms with van der Waals surface area (Å²) in [6.45, 7) is 2.71. The van der Waals surface area contributed by atoms with Crippen molar-refractivity contribution >= 4 is 5.91 Å². The lowest BCUT2D eigenvalue weighted by Crippen LogP contribution is -2.48. The summed E-state index contributed by atoms with van der Waals surface area (Å²) in [7, 11) is 0. The van der Waals surface area contributed by atoms with E-state index in [4.69, 9.17) is 4.74 Å². The van der Waals surface area contributed by atoms with Crippen LogP contribution in [0.25, 0.3) is 0 Å². The first-order valence-electron chi connectivity index (χ1n) is 4.84. The summed E-state index contributed by atoms with van der Waals surface area (Å²) >= 11 is 0. The van der Waals surface area contributed by atoms with E-state index in [1.807, 2.05) is 18.2 Å². The number of ether oxygens (including phenoxy) is 1. The van der Waals surface area contributed by atoms with Gasteiger partial charge in [-0.15, -0.1) is 0 Å². The second-order valence-corrected chi connectivity index (χ2v) is 3.32. The maximum Gasteiger partial charge on any atom is 0.257 e. The van der Waals surface area contributed by atoms with Crippen molar-refractivity contribution in [1.29, 1.82) is 0 Å². The Hall–Kier alpha value is -1.13. The Labute approximate surface area is 83.2 Å².